The number of amides is 1. The predicted molar refractivity (Wildman–Crippen MR) is 41.8 cm³/mol. The van der Waals surface area contributed by atoms with E-state index >= 15 is 0 Å². The maximum absolute atomic E-state index is 10.9. The molecule has 6 heteroatoms. The molecule has 1 aliphatic rings. The molecule has 1 fully saturated rings. The quantitative estimate of drug-likeness (QED) is 0.581. The molecule has 1 rings (SSSR count). The highest BCUT2D eigenvalue weighted by molar-refractivity contribution is 7.85. The summed E-state index contributed by atoms with van der Waals surface area (Å²) in [7, 11) is -1.15. The third-order valence-corrected chi connectivity index (χ3v) is 2.89. The molecule has 0 radical (unpaired) electrons. The Labute approximate surface area is 71.8 Å². The summed E-state index contributed by atoms with van der Waals surface area (Å²) in [5.41, 5.74) is 0. The minimum atomic E-state index is -1.15. The van der Waals surface area contributed by atoms with Gasteiger partial charge in [0, 0.05) is 17.1 Å². The molecule has 0 aliphatic carbocycles. The molecule has 1 amide bonds. The first-order valence-corrected chi connectivity index (χ1v) is 4.98. The van der Waals surface area contributed by atoms with Crippen LogP contribution in [0.25, 0.3) is 0 Å². The van der Waals surface area contributed by atoms with Crippen molar-refractivity contribution in [2.45, 2.75) is 11.8 Å². The fourth-order valence-corrected chi connectivity index (χ4v) is 1.99. The Balaban J connectivity index is 2.56. The van der Waals surface area contributed by atoms with Crippen LogP contribution < -0.4 is 0 Å². The van der Waals surface area contributed by atoms with E-state index in [4.69, 9.17) is 5.11 Å². The van der Waals surface area contributed by atoms with E-state index in [0.29, 0.717) is 0 Å². The molecule has 0 bridgehead atoms. The Bertz CT molecular complexity index is 252. The Morgan fingerprint density at radius 3 is 2.75 bits per heavy atom. The number of hydrogen-bond acceptors (Lipinski definition) is 3. The molecule has 2 unspecified atom stereocenters. The summed E-state index contributed by atoms with van der Waals surface area (Å²) in [6, 6.07) is 0. The van der Waals surface area contributed by atoms with Crippen molar-refractivity contribution in [3.63, 3.8) is 0 Å². The zero-order chi connectivity index (χ0) is 9.30. The summed E-state index contributed by atoms with van der Waals surface area (Å²) in [5, 5.41) is 7.98. The molecule has 12 heavy (non-hydrogen) atoms. The number of carboxylic acid groups (broad SMARTS) is 1. The number of hydrogen-bond donors (Lipinski definition) is 1. The topological polar surface area (TPSA) is 74.7 Å². The van der Waals surface area contributed by atoms with E-state index < -0.39 is 22.1 Å². The van der Waals surface area contributed by atoms with Crippen LogP contribution in [-0.4, -0.2) is 44.3 Å². The second kappa shape index (κ2) is 3.22. The fourth-order valence-electron chi connectivity index (χ4n) is 1.06. The first kappa shape index (κ1) is 9.18. The van der Waals surface area contributed by atoms with Gasteiger partial charge in [0.2, 0.25) is 5.91 Å². The Morgan fingerprint density at radius 2 is 2.42 bits per heavy atom. The summed E-state index contributed by atoms with van der Waals surface area (Å²) in [5.74, 6) is -1.31. The maximum Gasteiger partial charge on any atom is 0.323 e. The number of carbonyl (C=O) groups is 2. The van der Waals surface area contributed by atoms with Crippen LogP contribution in [0, 0.1) is 0 Å². The van der Waals surface area contributed by atoms with Crippen molar-refractivity contribution in [1.82, 2.24) is 4.90 Å². The highest BCUT2D eigenvalue weighted by Crippen LogP contribution is 2.20. The van der Waals surface area contributed by atoms with Gasteiger partial charge < -0.3 is 10.0 Å². The summed E-state index contributed by atoms with van der Waals surface area (Å²) >= 11 is 0. The van der Waals surface area contributed by atoms with E-state index in [2.05, 4.69) is 0 Å². The van der Waals surface area contributed by atoms with Crippen LogP contribution in [0.15, 0.2) is 0 Å². The highest BCUT2D eigenvalue weighted by Gasteiger charge is 2.39. The second-order valence-electron chi connectivity index (χ2n) is 2.57. The average molecular weight is 191 g/mol. The van der Waals surface area contributed by atoms with Crippen LogP contribution in [-0.2, 0) is 20.4 Å². The van der Waals surface area contributed by atoms with Gasteiger partial charge in [0.15, 0.2) is 0 Å². The number of aliphatic carboxylic acids is 1. The van der Waals surface area contributed by atoms with Crippen molar-refractivity contribution in [2.75, 3.05) is 12.8 Å². The van der Waals surface area contributed by atoms with Gasteiger partial charge in [-0.05, 0) is 0 Å². The van der Waals surface area contributed by atoms with E-state index in [-0.39, 0.29) is 18.9 Å². The minimum absolute atomic E-state index is 0.205. The lowest BCUT2D eigenvalue weighted by Gasteiger charge is -2.37. The molecule has 1 heterocycles. The van der Waals surface area contributed by atoms with E-state index in [1.807, 2.05) is 0 Å². The van der Waals surface area contributed by atoms with Gasteiger partial charge in [0.25, 0.3) is 0 Å². The molecule has 0 spiro atoms. The van der Waals surface area contributed by atoms with Crippen LogP contribution in [0.3, 0.4) is 0 Å². The molecular weight excluding hydrogens is 182 g/mol. The Morgan fingerprint density at radius 1 is 1.83 bits per heavy atom. The largest absolute Gasteiger partial charge is 0.480 e. The average Bonchev–Trinajstić information content (AvgIpc) is 1.95. The van der Waals surface area contributed by atoms with Crippen LogP contribution in [0.5, 0.6) is 0 Å². The van der Waals surface area contributed by atoms with E-state index in [1.165, 1.54) is 6.26 Å². The monoisotopic (exact) mass is 191 g/mol. The number of rotatable bonds is 3. The number of likely N-dealkylation sites (tertiary alicyclic amines) is 1. The summed E-state index contributed by atoms with van der Waals surface area (Å²) < 4.78 is 10.9. The van der Waals surface area contributed by atoms with E-state index in [9.17, 15) is 13.8 Å². The third kappa shape index (κ3) is 1.63. The van der Waals surface area contributed by atoms with Gasteiger partial charge in [-0.1, -0.05) is 0 Å². The first-order chi connectivity index (χ1) is 5.52. The molecule has 0 aromatic heterocycles. The van der Waals surface area contributed by atoms with Crippen LogP contribution >= 0.6 is 0 Å². The lowest BCUT2D eigenvalue weighted by molar-refractivity contribution is -0.151. The molecule has 1 N–H and O–H groups in total. The van der Waals surface area contributed by atoms with Gasteiger partial charge in [-0.3, -0.25) is 13.8 Å². The zero-order valence-electron chi connectivity index (χ0n) is 6.52. The molecule has 68 valence electrons. The molecule has 0 aromatic rings. The number of carbonyl (C=O) groups excluding carboxylic acids is 1. The second-order valence-corrected chi connectivity index (χ2v) is 4.11. The van der Waals surface area contributed by atoms with Crippen molar-refractivity contribution in [3.05, 3.63) is 0 Å². The van der Waals surface area contributed by atoms with Gasteiger partial charge in [-0.15, -0.1) is 0 Å². The number of β-lactam (4-membered cyclic amide) rings is 1. The van der Waals surface area contributed by atoms with Crippen molar-refractivity contribution >= 4 is 22.7 Å². The standard InChI is InChI=1S/C6H9NO4S/c1-12(11)5-2-4(8)7(5)3-6(9)10/h5H,2-3H2,1H3,(H,9,10). The predicted octanol–water partition coefficient (Wildman–Crippen LogP) is -0.992. The molecule has 2 atom stereocenters. The Hall–Kier alpha value is -0.910. The van der Waals surface area contributed by atoms with Crippen LogP contribution in [0.4, 0.5) is 0 Å². The number of nitrogens with zero attached hydrogens (tertiary/aromatic N) is 1. The van der Waals surface area contributed by atoms with Crippen molar-refractivity contribution < 1.29 is 18.9 Å². The molecule has 5 nitrogen and oxygen atoms in total. The zero-order valence-corrected chi connectivity index (χ0v) is 7.34. The van der Waals surface area contributed by atoms with Gasteiger partial charge in [0.1, 0.15) is 11.9 Å². The Kier molecular flexibility index (Phi) is 2.46. The van der Waals surface area contributed by atoms with E-state index in [1.54, 1.807) is 0 Å². The lowest BCUT2D eigenvalue weighted by Crippen LogP contribution is -2.56. The molecule has 0 saturated carbocycles. The van der Waals surface area contributed by atoms with Gasteiger partial charge >= 0.3 is 5.97 Å². The molecule has 1 aliphatic heterocycles. The SMILES string of the molecule is CS(=O)C1CC(=O)N1CC(=O)O. The molecule has 1 saturated heterocycles. The van der Waals surface area contributed by atoms with Gasteiger partial charge in [0.05, 0.1) is 6.42 Å². The van der Waals surface area contributed by atoms with Crippen molar-refractivity contribution in [2.24, 2.45) is 0 Å². The summed E-state index contributed by atoms with van der Waals surface area (Å²) in [4.78, 5) is 22.2. The molecule has 0 aromatic carbocycles. The van der Waals surface area contributed by atoms with Gasteiger partial charge in [-0.25, -0.2) is 0 Å². The fraction of sp³-hybridized carbons (Fsp3) is 0.667. The van der Waals surface area contributed by atoms with Gasteiger partial charge in [-0.2, -0.15) is 0 Å². The van der Waals surface area contributed by atoms with E-state index in [0.717, 1.165) is 4.90 Å². The van der Waals surface area contributed by atoms with Crippen molar-refractivity contribution in [1.29, 1.82) is 0 Å². The normalized spacial score (nSPS) is 24.9. The smallest absolute Gasteiger partial charge is 0.323 e. The van der Waals surface area contributed by atoms with Crippen molar-refractivity contribution in [3.8, 4) is 0 Å². The first-order valence-electron chi connectivity index (χ1n) is 3.36. The summed E-state index contributed by atoms with van der Waals surface area (Å²) in [6.07, 6.45) is 1.67. The van der Waals surface area contributed by atoms with Crippen LogP contribution in [0.2, 0.25) is 0 Å². The number of carboxylic acids is 1. The minimum Gasteiger partial charge on any atom is -0.480 e. The van der Waals surface area contributed by atoms with Crippen LogP contribution in [0.1, 0.15) is 6.42 Å². The lowest BCUT2D eigenvalue weighted by atomic mass is 10.2. The third-order valence-electron chi connectivity index (χ3n) is 1.71. The summed E-state index contributed by atoms with van der Waals surface area (Å²) in [6.45, 7) is -0.344. The highest BCUT2D eigenvalue weighted by atomic mass is 32.2. The molecular formula is C6H9NO4S. The maximum atomic E-state index is 10.9.